The van der Waals surface area contributed by atoms with Crippen LogP contribution < -0.4 is 16.4 Å². The second-order valence-corrected chi connectivity index (χ2v) is 10.9. The summed E-state index contributed by atoms with van der Waals surface area (Å²) in [7, 11) is 3.80. The first kappa shape index (κ1) is 29.3. The van der Waals surface area contributed by atoms with E-state index in [0.717, 1.165) is 15.8 Å². The number of halogens is 1. The Morgan fingerprint density at radius 2 is 1.84 bits per heavy atom. The number of likely N-dealkylation sites (N-methyl/N-ethyl adjacent to an activating group) is 1. The molecule has 3 amide bonds. The van der Waals surface area contributed by atoms with Gasteiger partial charge in [-0.3, -0.25) is 14.4 Å². The highest BCUT2D eigenvalue weighted by Crippen LogP contribution is 2.26. The molecule has 1 heterocycles. The van der Waals surface area contributed by atoms with Gasteiger partial charge in [-0.2, -0.15) is 0 Å². The van der Waals surface area contributed by atoms with E-state index in [-0.39, 0.29) is 31.1 Å². The fraction of sp³-hybridized carbons (Fsp3) is 0.357. The first-order chi connectivity index (χ1) is 18.1. The third kappa shape index (κ3) is 8.93. The lowest BCUT2D eigenvalue weighted by Gasteiger charge is -2.24. The van der Waals surface area contributed by atoms with E-state index in [1.807, 2.05) is 61.5 Å². The lowest BCUT2D eigenvalue weighted by molar-refractivity contribution is -0.129. The lowest BCUT2D eigenvalue weighted by atomic mass is 9.97. The second kappa shape index (κ2) is 14.0. The minimum atomic E-state index is -0.834. The number of carbonyl (C=O) groups is 3. The summed E-state index contributed by atoms with van der Waals surface area (Å²) in [6, 6.07) is 13.9. The quantitative estimate of drug-likeness (QED) is 0.279. The topological polar surface area (TPSA) is 117 Å². The summed E-state index contributed by atoms with van der Waals surface area (Å²) < 4.78 is 0.910. The van der Waals surface area contributed by atoms with Crippen LogP contribution in [-0.2, 0) is 27.2 Å². The maximum absolute atomic E-state index is 13.6. The fourth-order valence-corrected chi connectivity index (χ4v) is 5.22. The van der Waals surface area contributed by atoms with Gasteiger partial charge in [0.2, 0.25) is 17.7 Å². The van der Waals surface area contributed by atoms with Crippen LogP contribution in [0.5, 0.6) is 0 Å². The number of nitrogens with zero attached hydrogens (tertiary/aromatic N) is 2. The average molecular weight is 556 g/mol. The molecule has 0 aliphatic carbocycles. The number of thiazole rings is 1. The number of fused-ring (bicyclic) bond motifs is 1. The Hall–Kier alpha value is -3.27. The number of hydrogen-bond donors (Lipinski definition) is 3. The van der Waals surface area contributed by atoms with Crippen molar-refractivity contribution in [3.63, 3.8) is 0 Å². The maximum atomic E-state index is 13.6. The van der Waals surface area contributed by atoms with E-state index in [1.165, 1.54) is 11.3 Å². The van der Waals surface area contributed by atoms with Crippen molar-refractivity contribution in [3.8, 4) is 0 Å². The van der Waals surface area contributed by atoms with E-state index >= 15 is 0 Å². The van der Waals surface area contributed by atoms with Crippen LogP contribution in [0, 0.1) is 0 Å². The van der Waals surface area contributed by atoms with Gasteiger partial charge in [-0.15, -0.1) is 11.3 Å². The Morgan fingerprint density at radius 1 is 1.11 bits per heavy atom. The van der Waals surface area contributed by atoms with Gasteiger partial charge in [0.05, 0.1) is 15.2 Å². The molecule has 4 N–H and O–H groups in total. The molecular formula is C28H34ClN5O3S. The van der Waals surface area contributed by atoms with Crippen molar-refractivity contribution in [1.82, 2.24) is 20.5 Å². The third-order valence-corrected chi connectivity index (χ3v) is 7.18. The van der Waals surface area contributed by atoms with E-state index in [4.69, 9.17) is 17.3 Å². The van der Waals surface area contributed by atoms with Crippen LogP contribution in [0.2, 0.25) is 5.02 Å². The number of nitrogens with one attached hydrogen (secondary N) is 2. The van der Waals surface area contributed by atoms with Crippen LogP contribution in [0.4, 0.5) is 0 Å². The molecule has 0 unspecified atom stereocenters. The number of carbonyl (C=O) groups excluding carboxylic acids is 3. The minimum Gasteiger partial charge on any atom is -0.366 e. The summed E-state index contributed by atoms with van der Waals surface area (Å²) in [6.07, 6.45) is 3.01. The van der Waals surface area contributed by atoms with E-state index in [0.29, 0.717) is 28.6 Å². The zero-order chi connectivity index (χ0) is 27.7. The number of primary amides is 1. The number of benzene rings is 2. The van der Waals surface area contributed by atoms with Crippen molar-refractivity contribution in [3.05, 3.63) is 75.8 Å². The van der Waals surface area contributed by atoms with Crippen molar-refractivity contribution >= 4 is 50.9 Å². The summed E-state index contributed by atoms with van der Waals surface area (Å²) >= 11 is 7.55. The molecule has 0 aliphatic heterocycles. The molecule has 2 atom stereocenters. The summed E-state index contributed by atoms with van der Waals surface area (Å²) in [5, 5.41) is 7.22. The number of hydrogen-bond acceptors (Lipinski definition) is 6. The molecular weight excluding hydrogens is 522 g/mol. The van der Waals surface area contributed by atoms with Gasteiger partial charge in [0.25, 0.3) is 0 Å². The highest BCUT2D eigenvalue weighted by Gasteiger charge is 2.26. The van der Waals surface area contributed by atoms with Gasteiger partial charge < -0.3 is 21.3 Å². The highest BCUT2D eigenvalue weighted by atomic mass is 35.5. The number of amides is 3. The summed E-state index contributed by atoms with van der Waals surface area (Å²) in [5.41, 5.74) is 7.91. The van der Waals surface area contributed by atoms with Crippen molar-refractivity contribution in [2.45, 2.75) is 44.7 Å². The minimum absolute atomic E-state index is 0.228. The van der Waals surface area contributed by atoms with Crippen LogP contribution in [-0.4, -0.2) is 60.3 Å². The molecule has 0 spiro atoms. The van der Waals surface area contributed by atoms with Crippen molar-refractivity contribution in [2.75, 3.05) is 20.6 Å². The van der Waals surface area contributed by atoms with Crippen LogP contribution in [0.3, 0.4) is 0 Å². The molecule has 2 aromatic carbocycles. The first-order valence-electron chi connectivity index (χ1n) is 12.5. The Labute approximate surface area is 232 Å². The Bertz CT molecular complexity index is 1290. The summed E-state index contributed by atoms with van der Waals surface area (Å²) in [6.45, 7) is 2.28. The van der Waals surface area contributed by atoms with Crippen LogP contribution in [0.25, 0.3) is 10.2 Å². The van der Waals surface area contributed by atoms with Gasteiger partial charge in [0, 0.05) is 36.0 Å². The van der Waals surface area contributed by atoms with Crippen LogP contribution in [0.15, 0.2) is 60.2 Å². The molecule has 0 fully saturated rings. The van der Waals surface area contributed by atoms with Gasteiger partial charge in [-0.1, -0.05) is 54.9 Å². The standard InChI is InChI=1S/C28H34ClN5O3S/c1-4-25(35)32-23(17-26-33-22-11-10-20(29)16-24(22)38-26)28(37)31-21(14-18-8-6-5-7-9-18)15-19(27(30)36)12-13-34(2)3/h5-12,16,21,23H,4,13-15,17H2,1-3H3,(H2,30,36)(H,31,37)(H,32,35)/t21-,23-/m0/s1. The SMILES string of the molecule is CCC(=O)N[C@@H](Cc1nc2ccc(Cl)cc2s1)C(=O)N[C@H](CC(=CCN(C)C)C(N)=O)Cc1ccccc1. The van der Waals surface area contributed by atoms with E-state index in [1.54, 1.807) is 19.1 Å². The van der Waals surface area contributed by atoms with Crippen LogP contribution in [0.1, 0.15) is 30.3 Å². The molecule has 3 aromatic rings. The van der Waals surface area contributed by atoms with Gasteiger partial charge >= 0.3 is 0 Å². The zero-order valence-electron chi connectivity index (χ0n) is 21.9. The monoisotopic (exact) mass is 555 g/mol. The molecule has 0 saturated carbocycles. The van der Waals surface area contributed by atoms with E-state index in [2.05, 4.69) is 15.6 Å². The van der Waals surface area contributed by atoms with Crippen molar-refractivity contribution in [1.29, 1.82) is 0 Å². The maximum Gasteiger partial charge on any atom is 0.244 e. The van der Waals surface area contributed by atoms with Crippen molar-refractivity contribution < 1.29 is 14.4 Å². The molecule has 8 nitrogen and oxygen atoms in total. The van der Waals surface area contributed by atoms with Crippen molar-refractivity contribution in [2.24, 2.45) is 5.73 Å². The lowest BCUT2D eigenvalue weighted by Crippen LogP contribution is -2.51. The van der Waals surface area contributed by atoms with Gasteiger partial charge in [0.15, 0.2) is 0 Å². The average Bonchev–Trinajstić information content (AvgIpc) is 3.27. The molecule has 0 aliphatic rings. The van der Waals surface area contributed by atoms with Gasteiger partial charge in [-0.05, 0) is 50.7 Å². The molecule has 1 aromatic heterocycles. The number of rotatable bonds is 13. The van der Waals surface area contributed by atoms with E-state index in [9.17, 15) is 14.4 Å². The molecule has 10 heteroatoms. The molecule has 38 heavy (non-hydrogen) atoms. The van der Waals surface area contributed by atoms with Crippen LogP contribution >= 0.6 is 22.9 Å². The third-order valence-electron chi connectivity index (χ3n) is 5.90. The Kier molecular flexibility index (Phi) is 10.8. The summed E-state index contributed by atoms with van der Waals surface area (Å²) in [4.78, 5) is 44.7. The normalized spacial score (nSPS) is 13.3. The van der Waals surface area contributed by atoms with E-state index < -0.39 is 18.0 Å². The first-order valence-corrected chi connectivity index (χ1v) is 13.7. The molecule has 202 valence electrons. The molecule has 0 radical (unpaired) electrons. The highest BCUT2D eigenvalue weighted by molar-refractivity contribution is 7.18. The molecule has 0 saturated heterocycles. The molecule has 3 rings (SSSR count). The number of nitrogens with two attached hydrogens (primary N) is 1. The van der Waals surface area contributed by atoms with Gasteiger partial charge in [-0.25, -0.2) is 4.98 Å². The summed E-state index contributed by atoms with van der Waals surface area (Å²) in [5.74, 6) is -1.11. The smallest absolute Gasteiger partial charge is 0.244 e. The predicted molar refractivity (Wildman–Crippen MR) is 153 cm³/mol. The number of aromatic nitrogens is 1. The zero-order valence-corrected chi connectivity index (χ0v) is 23.4. The fourth-order valence-electron chi connectivity index (χ4n) is 3.93. The largest absolute Gasteiger partial charge is 0.366 e. The second-order valence-electron chi connectivity index (χ2n) is 9.35. The Morgan fingerprint density at radius 3 is 2.50 bits per heavy atom. The van der Waals surface area contributed by atoms with Gasteiger partial charge in [0.1, 0.15) is 6.04 Å². The molecule has 0 bridgehead atoms. The Balaban J connectivity index is 1.85. The predicted octanol–water partition coefficient (Wildman–Crippen LogP) is 3.48.